The van der Waals surface area contributed by atoms with Gasteiger partial charge in [0.2, 0.25) is 0 Å². The molecule has 0 bridgehead atoms. The Kier molecular flexibility index (Phi) is 5.97. The van der Waals surface area contributed by atoms with Gasteiger partial charge in [-0.3, -0.25) is 0 Å². The molecular weight excluding hydrogens is 400 g/mol. The van der Waals surface area contributed by atoms with Crippen molar-refractivity contribution in [3.05, 3.63) is 78.9 Å². The number of hydrogen-bond acceptors (Lipinski definition) is 3. The fourth-order valence-electron chi connectivity index (χ4n) is 3.90. The summed E-state index contributed by atoms with van der Waals surface area (Å²) in [6.07, 6.45) is 4.60. The van der Waals surface area contributed by atoms with E-state index in [1.807, 2.05) is 54.6 Å². The first-order valence-corrected chi connectivity index (χ1v) is 12.7. The van der Waals surface area contributed by atoms with Gasteiger partial charge < -0.3 is 5.11 Å². The topological polar surface area (TPSA) is 57.2 Å². The summed E-state index contributed by atoms with van der Waals surface area (Å²) in [5, 5.41) is 12.3. The van der Waals surface area contributed by atoms with Crippen molar-refractivity contribution in [3.8, 4) is 5.75 Å². The molecule has 3 aromatic rings. The number of hydrogen-bond donors (Lipinski definition) is 0. The Morgan fingerprint density at radius 2 is 1.31 bits per heavy atom. The molecule has 0 heterocycles. The van der Waals surface area contributed by atoms with Crippen molar-refractivity contribution in [1.29, 1.82) is 0 Å². The van der Waals surface area contributed by atoms with Gasteiger partial charge in [-0.1, -0.05) is 61.4 Å². The van der Waals surface area contributed by atoms with Crippen LogP contribution in [-0.2, 0) is 20.7 Å². The lowest BCUT2D eigenvalue weighted by molar-refractivity contribution is -0.272. The number of rotatable bonds is 5. The predicted molar refractivity (Wildman–Crippen MR) is 115 cm³/mol. The first-order chi connectivity index (χ1) is 14.1. The van der Waals surface area contributed by atoms with Crippen LogP contribution in [0.1, 0.15) is 32.1 Å². The molecule has 1 saturated carbocycles. The molecule has 1 fully saturated rings. The van der Waals surface area contributed by atoms with Crippen LogP contribution in [0.15, 0.2) is 98.4 Å². The third kappa shape index (κ3) is 4.21. The Morgan fingerprint density at radius 1 is 0.724 bits per heavy atom. The molecule has 3 aromatic carbocycles. The Morgan fingerprint density at radius 3 is 1.97 bits per heavy atom. The summed E-state index contributed by atoms with van der Waals surface area (Å²) >= 11 is 0. The second kappa shape index (κ2) is 8.64. The molecule has 0 N–H and O–H groups in total. The fourth-order valence-corrected chi connectivity index (χ4v) is 7.85. The van der Waals surface area contributed by atoms with Crippen molar-refractivity contribution in [2.45, 2.75) is 56.9 Å². The van der Waals surface area contributed by atoms with E-state index in [2.05, 4.69) is 0 Å². The molecule has 1 aliphatic carbocycles. The number of sulfone groups is 1. The summed E-state index contributed by atoms with van der Waals surface area (Å²) in [6, 6.07) is 24.2. The van der Waals surface area contributed by atoms with Crippen LogP contribution >= 0.6 is 0 Å². The van der Waals surface area contributed by atoms with E-state index < -0.39 is 20.7 Å². The van der Waals surface area contributed by atoms with Gasteiger partial charge in [-0.2, -0.15) is 0 Å². The van der Waals surface area contributed by atoms with Crippen molar-refractivity contribution < 1.29 is 13.5 Å². The van der Waals surface area contributed by atoms with Crippen molar-refractivity contribution in [1.82, 2.24) is 0 Å². The Bertz CT molecular complexity index is 1050. The average molecular weight is 425 g/mol. The summed E-state index contributed by atoms with van der Waals surface area (Å²) in [6.45, 7) is 0. The predicted octanol–water partition coefficient (Wildman–Crippen LogP) is 4.96. The van der Waals surface area contributed by atoms with Gasteiger partial charge in [0.15, 0.2) is 24.5 Å². The highest BCUT2D eigenvalue weighted by atomic mass is 32.2. The molecule has 0 amide bonds. The smallest absolute Gasteiger partial charge is 0.181 e. The first-order valence-electron chi connectivity index (χ1n) is 9.97. The maximum atomic E-state index is 13.0. The third-order valence-corrected chi connectivity index (χ3v) is 9.97. The molecule has 1 unspecified atom stereocenters. The highest BCUT2D eigenvalue weighted by molar-refractivity contribution is 7.97. The van der Waals surface area contributed by atoms with Crippen LogP contribution in [0.5, 0.6) is 5.75 Å². The molecule has 29 heavy (non-hydrogen) atoms. The normalized spacial score (nSPS) is 16.4. The molecule has 1 atom stereocenters. The lowest BCUT2D eigenvalue weighted by Gasteiger charge is -2.21. The van der Waals surface area contributed by atoms with Crippen molar-refractivity contribution >= 4 is 20.7 Å². The van der Waals surface area contributed by atoms with Gasteiger partial charge in [-0.05, 0) is 55.3 Å². The van der Waals surface area contributed by atoms with Gasteiger partial charge in [0, 0.05) is 0 Å². The molecule has 0 aliphatic heterocycles. The van der Waals surface area contributed by atoms with E-state index in [1.54, 1.807) is 24.3 Å². The van der Waals surface area contributed by atoms with Gasteiger partial charge in [-0.25, -0.2) is 8.42 Å². The zero-order valence-corrected chi connectivity index (χ0v) is 17.8. The average Bonchev–Trinajstić information content (AvgIpc) is 2.77. The molecule has 3 nitrogen and oxygen atoms in total. The summed E-state index contributed by atoms with van der Waals surface area (Å²) in [4.78, 5) is 3.10. The molecule has 150 valence electrons. The highest BCUT2D eigenvalue weighted by Crippen LogP contribution is 2.36. The van der Waals surface area contributed by atoms with Crippen LogP contribution in [0.4, 0.5) is 0 Å². The van der Waals surface area contributed by atoms with Gasteiger partial charge in [0.25, 0.3) is 0 Å². The summed E-state index contributed by atoms with van der Waals surface area (Å²) < 4.78 is 26.0. The zero-order valence-electron chi connectivity index (χ0n) is 16.2. The minimum atomic E-state index is -3.30. The molecule has 5 heteroatoms. The van der Waals surface area contributed by atoms with Crippen LogP contribution in [0, 0.1) is 0 Å². The van der Waals surface area contributed by atoms with E-state index in [-0.39, 0.29) is 11.0 Å². The minimum absolute atomic E-state index is 0.00131. The highest BCUT2D eigenvalue weighted by Gasteiger charge is 2.32. The van der Waals surface area contributed by atoms with Crippen LogP contribution in [-0.4, -0.2) is 13.7 Å². The largest absolute Gasteiger partial charge is 0.869 e. The van der Waals surface area contributed by atoms with Crippen LogP contribution < -0.4 is 5.11 Å². The maximum Gasteiger partial charge on any atom is 0.181 e. The van der Waals surface area contributed by atoms with E-state index in [0.29, 0.717) is 4.90 Å². The monoisotopic (exact) mass is 424 g/mol. The summed E-state index contributed by atoms with van der Waals surface area (Å²) in [5.74, 6) is -0.00131. The number of benzene rings is 3. The molecule has 0 saturated heterocycles. The van der Waals surface area contributed by atoms with Crippen molar-refractivity contribution in [3.63, 3.8) is 0 Å². The SMILES string of the molecule is O=S(=O)(c1ccc([S+](c2ccccc2)c2ccccc2[O-])cc1)C1CCCCC1. The van der Waals surface area contributed by atoms with E-state index in [4.69, 9.17) is 0 Å². The van der Waals surface area contributed by atoms with Gasteiger partial charge in [0.05, 0.1) is 21.0 Å². The minimum Gasteiger partial charge on any atom is -0.869 e. The van der Waals surface area contributed by atoms with E-state index >= 15 is 0 Å². The molecule has 0 spiro atoms. The lowest BCUT2D eigenvalue weighted by Crippen LogP contribution is -2.24. The molecule has 4 rings (SSSR count). The van der Waals surface area contributed by atoms with Crippen LogP contribution in [0.2, 0.25) is 0 Å². The summed E-state index contributed by atoms with van der Waals surface area (Å²) in [7, 11) is -3.87. The van der Waals surface area contributed by atoms with Crippen LogP contribution in [0.25, 0.3) is 0 Å². The standard InChI is InChI=1S/C24H24O3S2/c25-23-13-7-8-14-24(23)28(19-9-3-1-4-10-19)20-15-17-22(18-16-20)29(26,27)21-11-5-2-6-12-21/h1,3-4,7-10,13-18,21H,2,5-6,11-12H2. The van der Waals surface area contributed by atoms with E-state index in [0.717, 1.165) is 46.8 Å². The lowest BCUT2D eigenvalue weighted by atomic mass is 10.0. The molecule has 1 aliphatic rings. The molecule has 0 aromatic heterocycles. The first kappa shape index (κ1) is 20.0. The summed E-state index contributed by atoms with van der Waals surface area (Å²) in [5.41, 5.74) is 0. The maximum absolute atomic E-state index is 13.0. The van der Waals surface area contributed by atoms with E-state index in [9.17, 15) is 13.5 Å². The third-order valence-electron chi connectivity index (χ3n) is 5.43. The second-order valence-corrected chi connectivity index (χ2v) is 11.6. The number of para-hydroxylation sites is 1. The second-order valence-electron chi connectivity index (χ2n) is 7.34. The van der Waals surface area contributed by atoms with Crippen LogP contribution in [0.3, 0.4) is 0 Å². The van der Waals surface area contributed by atoms with Crippen molar-refractivity contribution in [2.24, 2.45) is 0 Å². The fraction of sp³-hybridized carbons (Fsp3) is 0.250. The Balaban J connectivity index is 1.72. The van der Waals surface area contributed by atoms with Gasteiger partial charge in [0.1, 0.15) is 0 Å². The Hall–Kier alpha value is -2.24. The van der Waals surface area contributed by atoms with Gasteiger partial charge >= 0.3 is 0 Å². The van der Waals surface area contributed by atoms with Crippen molar-refractivity contribution in [2.75, 3.05) is 0 Å². The molecule has 0 radical (unpaired) electrons. The quantitative estimate of drug-likeness (QED) is 0.544. The van der Waals surface area contributed by atoms with E-state index in [1.165, 1.54) is 0 Å². The van der Waals surface area contributed by atoms with Gasteiger partial charge in [-0.15, -0.1) is 0 Å². The Labute approximate surface area is 175 Å². The zero-order chi connectivity index (χ0) is 20.3. The molecular formula is C24H24O3S2.